The molecule has 4 nitrogen and oxygen atoms in total. The molecule has 2 fully saturated rings. The fraction of sp³-hybridized carbons (Fsp3) is 0.619. The summed E-state index contributed by atoms with van der Waals surface area (Å²) in [5, 5.41) is 9.65. The average molecular weight is 374 g/mol. The molecule has 5 heteroatoms. The van der Waals surface area contributed by atoms with Gasteiger partial charge in [0, 0.05) is 17.9 Å². The van der Waals surface area contributed by atoms with Crippen molar-refractivity contribution in [2.24, 2.45) is 17.8 Å². The number of carboxylic acids is 1. The van der Waals surface area contributed by atoms with E-state index in [1.54, 1.807) is 11.0 Å². The number of carbonyl (C=O) groups is 2. The predicted molar refractivity (Wildman–Crippen MR) is 105 cm³/mol. The number of nitrogens with zero attached hydrogens (tertiary/aromatic N) is 1. The Kier molecular flexibility index (Phi) is 5.72. The van der Waals surface area contributed by atoms with Gasteiger partial charge in [-0.1, -0.05) is 18.8 Å². The Morgan fingerprint density at radius 3 is 2.38 bits per heavy atom. The number of thiophene rings is 1. The number of carboxylic acid groups (broad SMARTS) is 1. The Hall–Kier alpha value is -1.80. The zero-order valence-corrected chi connectivity index (χ0v) is 16.6. The average Bonchev–Trinajstić information content (AvgIpc) is 3.32. The van der Waals surface area contributed by atoms with Crippen molar-refractivity contribution in [2.45, 2.75) is 65.3 Å². The molecule has 0 radical (unpaired) electrons. The van der Waals surface area contributed by atoms with E-state index in [9.17, 15) is 14.7 Å². The van der Waals surface area contributed by atoms with Crippen LogP contribution in [0.2, 0.25) is 0 Å². The van der Waals surface area contributed by atoms with E-state index < -0.39 is 5.97 Å². The second kappa shape index (κ2) is 7.84. The molecule has 0 unspecified atom stereocenters. The summed E-state index contributed by atoms with van der Waals surface area (Å²) in [5.41, 5.74) is 0.515. The fourth-order valence-corrected chi connectivity index (χ4v) is 4.38. The Morgan fingerprint density at radius 1 is 1.19 bits per heavy atom. The number of aromatic carboxylic acids is 1. The molecule has 1 aromatic heterocycles. The van der Waals surface area contributed by atoms with E-state index >= 15 is 0 Å². The van der Waals surface area contributed by atoms with Crippen molar-refractivity contribution in [3.63, 3.8) is 0 Å². The van der Waals surface area contributed by atoms with Crippen LogP contribution in [0, 0.1) is 29.6 Å². The first-order chi connectivity index (χ1) is 12.4. The van der Waals surface area contributed by atoms with Gasteiger partial charge in [0.2, 0.25) is 5.91 Å². The molecular formula is C21H27NO3S. The lowest BCUT2D eigenvalue weighted by atomic mass is 9.82. The van der Waals surface area contributed by atoms with Crippen molar-refractivity contribution in [3.8, 4) is 11.8 Å². The zero-order chi connectivity index (χ0) is 18.8. The van der Waals surface area contributed by atoms with Crippen molar-refractivity contribution >= 4 is 28.9 Å². The third-order valence-electron chi connectivity index (χ3n) is 5.26. The largest absolute Gasteiger partial charge is 0.477 e. The van der Waals surface area contributed by atoms with E-state index in [-0.39, 0.29) is 22.7 Å². The maximum atomic E-state index is 13.2. The second-order valence-electron chi connectivity index (χ2n) is 7.93. The molecule has 2 aliphatic carbocycles. The van der Waals surface area contributed by atoms with Gasteiger partial charge in [0.25, 0.3) is 0 Å². The smallest absolute Gasteiger partial charge is 0.348 e. The molecule has 0 saturated heterocycles. The zero-order valence-electron chi connectivity index (χ0n) is 15.7. The van der Waals surface area contributed by atoms with Crippen molar-refractivity contribution in [3.05, 3.63) is 15.8 Å². The molecule has 2 aliphatic rings. The summed E-state index contributed by atoms with van der Waals surface area (Å²) in [6.07, 6.45) is 6.18. The molecule has 0 aromatic carbocycles. The van der Waals surface area contributed by atoms with E-state index in [0.29, 0.717) is 17.5 Å². The van der Waals surface area contributed by atoms with Crippen LogP contribution in [-0.4, -0.2) is 23.0 Å². The van der Waals surface area contributed by atoms with E-state index in [2.05, 4.69) is 18.8 Å². The topological polar surface area (TPSA) is 57.6 Å². The molecule has 1 heterocycles. The Balaban J connectivity index is 1.90. The highest BCUT2D eigenvalue weighted by Crippen LogP contribution is 2.36. The van der Waals surface area contributed by atoms with E-state index in [1.165, 1.54) is 11.3 Å². The highest BCUT2D eigenvalue weighted by Gasteiger charge is 2.33. The molecule has 2 saturated carbocycles. The molecular weight excluding hydrogens is 346 g/mol. The van der Waals surface area contributed by atoms with Crippen LogP contribution in [0.3, 0.4) is 0 Å². The lowest BCUT2D eigenvalue weighted by Gasteiger charge is -2.33. The number of hydrogen-bond donors (Lipinski definition) is 1. The molecule has 0 bridgehead atoms. The van der Waals surface area contributed by atoms with Crippen LogP contribution in [0.15, 0.2) is 6.07 Å². The second-order valence-corrected chi connectivity index (χ2v) is 8.98. The summed E-state index contributed by atoms with van der Waals surface area (Å²) in [6, 6.07) is 1.71. The van der Waals surface area contributed by atoms with Gasteiger partial charge in [-0.25, -0.2) is 4.79 Å². The number of rotatable bonds is 4. The number of anilines is 1. The van der Waals surface area contributed by atoms with Gasteiger partial charge in [0.1, 0.15) is 4.88 Å². The first-order valence-electron chi connectivity index (χ1n) is 9.58. The molecule has 0 atom stereocenters. The summed E-state index contributed by atoms with van der Waals surface area (Å²) >= 11 is 1.18. The molecule has 0 spiro atoms. The summed E-state index contributed by atoms with van der Waals surface area (Å²) in [6.45, 7) is 6.12. The molecule has 1 N–H and O–H groups in total. The summed E-state index contributed by atoms with van der Waals surface area (Å²) in [4.78, 5) is 27.6. The van der Waals surface area contributed by atoms with Crippen LogP contribution in [0.4, 0.5) is 5.69 Å². The van der Waals surface area contributed by atoms with E-state index in [1.807, 2.05) is 13.8 Å². The maximum absolute atomic E-state index is 13.2. The normalized spacial score (nSPS) is 22.6. The van der Waals surface area contributed by atoms with Gasteiger partial charge in [0.15, 0.2) is 0 Å². The highest BCUT2D eigenvalue weighted by atomic mass is 32.1. The van der Waals surface area contributed by atoms with Crippen molar-refractivity contribution < 1.29 is 14.7 Å². The van der Waals surface area contributed by atoms with Gasteiger partial charge in [-0.2, -0.15) is 0 Å². The third-order valence-corrected chi connectivity index (χ3v) is 6.29. The minimum Gasteiger partial charge on any atom is -0.477 e. The summed E-state index contributed by atoms with van der Waals surface area (Å²) in [5.74, 6) is 6.50. The summed E-state index contributed by atoms with van der Waals surface area (Å²) in [7, 11) is 0. The third kappa shape index (κ3) is 4.29. The lowest BCUT2D eigenvalue weighted by Crippen LogP contribution is -2.42. The van der Waals surface area contributed by atoms with Gasteiger partial charge >= 0.3 is 5.97 Å². The SMILES string of the molecule is CC(C)N(c1cc(C#CC2CC2)sc1C(=O)O)C(=O)[C@H]1CC[C@H](C)CC1. The highest BCUT2D eigenvalue weighted by molar-refractivity contribution is 7.15. The van der Waals surface area contributed by atoms with E-state index in [0.717, 1.165) is 43.4 Å². The Morgan fingerprint density at radius 2 is 1.85 bits per heavy atom. The van der Waals surface area contributed by atoms with E-state index in [4.69, 9.17) is 0 Å². The Labute approximate surface area is 159 Å². The van der Waals surface area contributed by atoms with Gasteiger partial charge in [-0.05, 0) is 64.4 Å². The first kappa shape index (κ1) is 19.0. The van der Waals surface area contributed by atoms with Crippen molar-refractivity contribution in [1.82, 2.24) is 0 Å². The first-order valence-corrected chi connectivity index (χ1v) is 10.4. The number of carbonyl (C=O) groups excluding carboxylic acids is 1. The number of hydrogen-bond acceptors (Lipinski definition) is 3. The van der Waals surface area contributed by atoms with Crippen LogP contribution >= 0.6 is 11.3 Å². The molecule has 26 heavy (non-hydrogen) atoms. The number of amides is 1. The monoisotopic (exact) mass is 373 g/mol. The van der Waals surface area contributed by atoms with Crippen LogP contribution in [-0.2, 0) is 4.79 Å². The van der Waals surface area contributed by atoms with Crippen LogP contribution in [0.25, 0.3) is 0 Å². The van der Waals surface area contributed by atoms with Gasteiger partial charge in [-0.3, -0.25) is 4.79 Å². The fourth-order valence-electron chi connectivity index (χ4n) is 3.53. The minimum absolute atomic E-state index is 0.00357. The minimum atomic E-state index is -0.986. The quantitative estimate of drug-likeness (QED) is 0.773. The molecule has 0 aliphatic heterocycles. The standard InChI is InChI=1S/C21H27NO3S/c1-13(2)22(20(23)16-9-4-14(3)5-10-16)18-12-17(11-8-15-6-7-15)26-19(18)21(24)25/h12-16H,4-7,9-10H2,1-3H3,(H,24,25)/t14-,16-. The molecule has 140 valence electrons. The predicted octanol–water partition coefficient (Wildman–Crippen LogP) is 4.78. The van der Waals surface area contributed by atoms with Gasteiger partial charge in [-0.15, -0.1) is 11.3 Å². The van der Waals surface area contributed by atoms with Crippen LogP contribution in [0.5, 0.6) is 0 Å². The van der Waals surface area contributed by atoms with Crippen LogP contribution in [0.1, 0.15) is 73.8 Å². The Bertz CT molecular complexity index is 743. The van der Waals surface area contributed by atoms with Gasteiger partial charge < -0.3 is 10.0 Å². The molecule has 3 rings (SSSR count). The van der Waals surface area contributed by atoms with Gasteiger partial charge in [0.05, 0.1) is 10.6 Å². The maximum Gasteiger partial charge on any atom is 0.348 e. The van der Waals surface area contributed by atoms with Crippen molar-refractivity contribution in [1.29, 1.82) is 0 Å². The lowest BCUT2D eigenvalue weighted by molar-refractivity contribution is -0.123. The molecule has 1 aromatic rings. The van der Waals surface area contributed by atoms with Crippen LogP contribution < -0.4 is 4.90 Å². The molecule has 1 amide bonds. The van der Waals surface area contributed by atoms with Crippen molar-refractivity contribution in [2.75, 3.05) is 4.90 Å². The summed E-state index contributed by atoms with van der Waals surface area (Å²) < 4.78 is 0.